The van der Waals surface area contributed by atoms with Crippen molar-refractivity contribution in [2.75, 3.05) is 0 Å². The zero-order valence-electron chi connectivity index (χ0n) is 14.3. The predicted molar refractivity (Wildman–Crippen MR) is 117 cm³/mol. The molecule has 0 amide bonds. The maximum absolute atomic E-state index is 14.1. The zero-order chi connectivity index (χ0) is 20.2. The third-order valence-electron chi connectivity index (χ3n) is 5.03. The third kappa shape index (κ3) is 3.27. The maximum atomic E-state index is 14.1. The number of ketones is 1. The zero-order valence-corrected chi connectivity index (χ0v) is 18.8. The summed E-state index contributed by atoms with van der Waals surface area (Å²) in [7, 11) is 0. The smallest absolute Gasteiger partial charge is 0.304 e. The average Bonchev–Trinajstić information content (AvgIpc) is 3.13. The fourth-order valence-electron chi connectivity index (χ4n) is 3.95. The summed E-state index contributed by atoms with van der Waals surface area (Å²) in [5.74, 6) is -1.86. The number of hydrogen-bond donors (Lipinski definition) is 1. The summed E-state index contributed by atoms with van der Waals surface area (Å²) >= 11 is 11.5. The molecule has 0 saturated heterocycles. The summed E-state index contributed by atoms with van der Waals surface area (Å²) in [5.41, 5.74) is 2.19. The molecule has 1 N–H and O–H groups in total. The van der Waals surface area contributed by atoms with E-state index in [4.69, 9.17) is 11.6 Å². The fraction of sp³-hybridized carbons (Fsp3) is 0.200. The second-order valence-electron chi connectivity index (χ2n) is 6.73. The summed E-state index contributed by atoms with van der Waals surface area (Å²) in [4.78, 5) is 24.9. The van der Waals surface area contributed by atoms with E-state index in [0.29, 0.717) is 53.8 Å². The standard InChI is InChI=1S/C20H13BrClFINO3/c21-13-7-11(23)8-15-17(13)18(19-9(5-16(26)27)3-4-25(15)19)20(28)12-2-1-10(22)6-14(12)24/h1-2,6-9H,3-5H2,(H,26,27). The molecule has 0 saturated carbocycles. The van der Waals surface area contributed by atoms with Gasteiger partial charge in [-0.25, -0.2) is 4.39 Å². The Kier molecular flexibility index (Phi) is 5.26. The number of hydrogen-bond acceptors (Lipinski definition) is 2. The van der Waals surface area contributed by atoms with Crippen molar-refractivity contribution in [1.82, 2.24) is 4.57 Å². The van der Waals surface area contributed by atoms with Crippen LogP contribution >= 0.6 is 50.1 Å². The number of aryl methyl sites for hydroxylation is 1. The van der Waals surface area contributed by atoms with Crippen molar-refractivity contribution in [2.24, 2.45) is 0 Å². The van der Waals surface area contributed by atoms with E-state index >= 15 is 0 Å². The fourth-order valence-corrected chi connectivity index (χ4v) is 5.68. The van der Waals surface area contributed by atoms with Crippen LogP contribution < -0.4 is 0 Å². The van der Waals surface area contributed by atoms with Crippen molar-refractivity contribution >= 4 is 72.8 Å². The molecule has 4 rings (SSSR count). The van der Waals surface area contributed by atoms with Gasteiger partial charge in [0.05, 0.1) is 17.5 Å². The Morgan fingerprint density at radius 3 is 2.75 bits per heavy atom. The molecule has 3 aromatic rings. The number of carbonyl (C=O) groups excluding carboxylic acids is 1. The number of rotatable bonds is 4. The Morgan fingerprint density at radius 1 is 1.32 bits per heavy atom. The van der Waals surface area contributed by atoms with E-state index in [1.54, 1.807) is 18.2 Å². The SMILES string of the molecule is O=C(O)CC1CCn2c1c(C(=O)c1ccc(Cl)cc1I)c1c(Br)cc(F)cc12. The van der Waals surface area contributed by atoms with Gasteiger partial charge in [0.15, 0.2) is 5.78 Å². The Labute approximate surface area is 186 Å². The first-order valence-electron chi connectivity index (χ1n) is 8.50. The minimum atomic E-state index is -0.923. The molecule has 0 fully saturated rings. The molecular weight excluding hydrogens is 563 g/mol. The second kappa shape index (κ2) is 7.42. The van der Waals surface area contributed by atoms with Crippen LogP contribution in [-0.2, 0) is 11.3 Å². The molecule has 1 unspecified atom stereocenters. The van der Waals surface area contributed by atoms with Crippen LogP contribution in [0.3, 0.4) is 0 Å². The summed E-state index contributed by atoms with van der Waals surface area (Å²) in [6.45, 7) is 0.546. The monoisotopic (exact) mass is 575 g/mol. The molecule has 1 atom stereocenters. The lowest BCUT2D eigenvalue weighted by atomic mass is 9.92. The number of benzene rings is 2. The molecule has 4 nitrogen and oxygen atoms in total. The molecule has 0 spiro atoms. The van der Waals surface area contributed by atoms with E-state index in [1.807, 2.05) is 4.57 Å². The number of carboxylic acid groups (broad SMARTS) is 1. The Hall–Kier alpha value is -1.45. The highest BCUT2D eigenvalue weighted by atomic mass is 127. The van der Waals surface area contributed by atoms with Crippen LogP contribution in [0.4, 0.5) is 4.39 Å². The van der Waals surface area contributed by atoms with E-state index in [1.165, 1.54) is 12.1 Å². The van der Waals surface area contributed by atoms with Crippen LogP contribution in [0.15, 0.2) is 34.8 Å². The van der Waals surface area contributed by atoms with Crippen LogP contribution in [-0.4, -0.2) is 21.4 Å². The van der Waals surface area contributed by atoms with Crippen LogP contribution in [0, 0.1) is 9.39 Å². The first kappa shape index (κ1) is 19.8. The van der Waals surface area contributed by atoms with E-state index in [9.17, 15) is 19.1 Å². The van der Waals surface area contributed by atoms with Crippen LogP contribution in [0.2, 0.25) is 5.02 Å². The quantitative estimate of drug-likeness (QED) is 0.307. The molecule has 1 aliphatic heterocycles. The van der Waals surface area contributed by atoms with Crippen molar-refractivity contribution in [3.63, 3.8) is 0 Å². The number of aromatic nitrogens is 1. The largest absolute Gasteiger partial charge is 0.481 e. The summed E-state index contributed by atoms with van der Waals surface area (Å²) in [6.07, 6.45) is 0.526. The third-order valence-corrected chi connectivity index (χ3v) is 6.79. The van der Waals surface area contributed by atoms with Gasteiger partial charge in [-0.1, -0.05) is 11.6 Å². The maximum Gasteiger partial charge on any atom is 0.304 e. The molecular formula is C20H13BrClFINO3. The average molecular weight is 577 g/mol. The van der Waals surface area contributed by atoms with Gasteiger partial charge in [0.1, 0.15) is 5.82 Å². The molecule has 0 bridgehead atoms. The van der Waals surface area contributed by atoms with Gasteiger partial charge >= 0.3 is 5.97 Å². The van der Waals surface area contributed by atoms with Crippen LogP contribution in [0.5, 0.6) is 0 Å². The molecule has 2 aromatic carbocycles. The van der Waals surface area contributed by atoms with Crippen molar-refractivity contribution in [1.29, 1.82) is 0 Å². The van der Waals surface area contributed by atoms with Gasteiger partial charge in [-0.15, -0.1) is 0 Å². The highest BCUT2D eigenvalue weighted by Crippen LogP contribution is 2.44. The van der Waals surface area contributed by atoms with Crippen molar-refractivity contribution in [3.05, 3.63) is 66.0 Å². The second-order valence-corrected chi connectivity index (χ2v) is 9.18. The lowest BCUT2D eigenvalue weighted by Crippen LogP contribution is -2.10. The lowest BCUT2D eigenvalue weighted by molar-refractivity contribution is -0.137. The lowest BCUT2D eigenvalue weighted by Gasteiger charge is -2.11. The molecule has 8 heteroatoms. The van der Waals surface area contributed by atoms with Gasteiger partial charge < -0.3 is 9.67 Å². The molecule has 2 heterocycles. The number of fused-ring (bicyclic) bond motifs is 3. The van der Waals surface area contributed by atoms with Gasteiger partial charge in [-0.3, -0.25) is 9.59 Å². The number of carbonyl (C=O) groups is 2. The van der Waals surface area contributed by atoms with Crippen LogP contribution in [0.25, 0.3) is 10.9 Å². The minimum absolute atomic E-state index is 0.0750. The minimum Gasteiger partial charge on any atom is -0.481 e. The first-order valence-corrected chi connectivity index (χ1v) is 10.8. The normalized spacial score (nSPS) is 15.8. The molecule has 1 aliphatic rings. The Bertz CT molecular complexity index is 1160. The Balaban J connectivity index is 2.01. The van der Waals surface area contributed by atoms with Crippen molar-refractivity contribution in [3.8, 4) is 0 Å². The highest BCUT2D eigenvalue weighted by molar-refractivity contribution is 14.1. The summed E-state index contributed by atoms with van der Waals surface area (Å²) in [5, 5.41) is 10.5. The number of aliphatic carboxylic acids is 1. The van der Waals surface area contributed by atoms with Gasteiger partial charge in [0, 0.05) is 42.2 Å². The Morgan fingerprint density at radius 2 is 2.07 bits per heavy atom. The molecule has 0 aliphatic carbocycles. The van der Waals surface area contributed by atoms with E-state index in [2.05, 4.69) is 38.5 Å². The van der Waals surface area contributed by atoms with Gasteiger partial charge in [-0.2, -0.15) is 0 Å². The number of carboxylic acids is 1. The van der Waals surface area contributed by atoms with Crippen molar-refractivity contribution < 1.29 is 19.1 Å². The molecule has 1 aromatic heterocycles. The van der Waals surface area contributed by atoms with Crippen molar-refractivity contribution in [2.45, 2.75) is 25.3 Å². The number of nitrogens with zero attached hydrogens (tertiary/aromatic N) is 1. The van der Waals surface area contributed by atoms with Gasteiger partial charge in [-0.05, 0) is 75.3 Å². The predicted octanol–water partition coefficient (Wildman–Crippen LogP) is 5.99. The molecule has 144 valence electrons. The van der Waals surface area contributed by atoms with Crippen LogP contribution in [0.1, 0.15) is 40.4 Å². The highest BCUT2D eigenvalue weighted by Gasteiger charge is 2.35. The van der Waals surface area contributed by atoms with E-state index in [0.717, 1.165) is 0 Å². The number of halogens is 4. The van der Waals surface area contributed by atoms with E-state index < -0.39 is 11.8 Å². The molecule has 28 heavy (non-hydrogen) atoms. The van der Waals surface area contributed by atoms with Gasteiger partial charge in [0.25, 0.3) is 0 Å². The van der Waals surface area contributed by atoms with E-state index in [-0.39, 0.29) is 18.1 Å². The summed E-state index contributed by atoms with van der Waals surface area (Å²) < 4.78 is 17.1. The first-order chi connectivity index (χ1) is 13.3. The topological polar surface area (TPSA) is 59.3 Å². The van der Waals surface area contributed by atoms with Gasteiger partial charge in [0.2, 0.25) is 0 Å². The molecule has 0 radical (unpaired) electrons. The summed E-state index contributed by atoms with van der Waals surface area (Å²) in [6, 6.07) is 7.75.